The second-order valence-corrected chi connectivity index (χ2v) is 17.7. The molecule has 0 amide bonds. The van der Waals surface area contributed by atoms with Crippen LogP contribution in [0.5, 0.6) is 11.5 Å². The Morgan fingerprint density at radius 3 is 1.23 bits per heavy atom. The van der Waals surface area contributed by atoms with E-state index in [-0.39, 0.29) is 93.8 Å². The number of sulfonamides is 2. The molecule has 0 N–H and O–H groups in total. The molecule has 2 aliphatic rings. The normalized spacial score (nSPS) is 14.5. The Hall–Kier alpha value is -4.16. The molecule has 3 heterocycles. The Balaban J connectivity index is 0.000000731. The number of ether oxygens (including phenoxy) is 2. The van der Waals surface area contributed by atoms with Crippen LogP contribution >= 0.6 is 0 Å². The van der Waals surface area contributed by atoms with E-state index >= 15 is 0 Å². The predicted octanol–water partition coefficient (Wildman–Crippen LogP) is -1.56. The minimum absolute atomic E-state index is 0. The fourth-order valence-corrected chi connectivity index (χ4v) is 8.21. The van der Waals surface area contributed by atoms with Gasteiger partial charge >= 0.3 is 21.7 Å². The minimum Gasteiger partial charge on any atom is -0.872 e. The minimum atomic E-state index is -3.72. The summed E-state index contributed by atoms with van der Waals surface area (Å²) in [4.78, 5) is 46.5. The Morgan fingerprint density at radius 2 is 0.934 bits per heavy atom. The smallest absolute Gasteiger partial charge is 0.872 e. The van der Waals surface area contributed by atoms with Crippen molar-refractivity contribution < 1.29 is 87.6 Å². The van der Waals surface area contributed by atoms with Gasteiger partial charge in [-0.15, -0.1) is 11.5 Å². The van der Waals surface area contributed by atoms with Crippen molar-refractivity contribution in [3.63, 3.8) is 0 Å². The number of carboxylic acids is 2. The van der Waals surface area contributed by atoms with Gasteiger partial charge in [0, 0.05) is 52.4 Å². The maximum Gasteiger partial charge on any atom is 4.00 e. The topological polar surface area (TPSA) is 273 Å². The average Bonchev–Trinajstić information content (AvgIpc) is 3.19. The quantitative estimate of drug-likeness (QED) is 0.175. The summed E-state index contributed by atoms with van der Waals surface area (Å²) in [5.41, 5.74) is -0.0851. The van der Waals surface area contributed by atoms with Crippen LogP contribution in [0.15, 0.2) is 64.4 Å². The molecule has 332 valence electrons. The molecule has 2 saturated heterocycles. The van der Waals surface area contributed by atoms with Crippen molar-refractivity contribution in [2.24, 2.45) is 0 Å². The number of rotatable bonds is 13. The molecular weight excluding hydrogens is 874 g/mol. The van der Waals surface area contributed by atoms with Crippen molar-refractivity contribution in [3.05, 3.63) is 77.1 Å². The van der Waals surface area contributed by atoms with E-state index in [1.54, 1.807) is 0 Å². The molecule has 0 saturated carbocycles. The van der Waals surface area contributed by atoms with E-state index in [0.29, 0.717) is 50.6 Å². The van der Waals surface area contributed by atoms with E-state index in [0.717, 1.165) is 12.1 Å². The van der Waals surface area contributed by atoms with Gasteiger partial charge in [-0.05, 0) is 89.3 Å². The molecule has 19 nitrogen and oxygen atoms in total. The van der Waals surface area contributed by atoms with Gasteiger partial charge in [0.2, 0.25) is 20.0 Å². The molecule has 5 rings (SSSR count). The van der Waals surface area contributed by atoms with Gasteiger partial charge in [0.25, 0.3) is 0 Å². The number of aromatic nitrogens is 1. The van der Waals surface area contributed by atoms with E-state index in [1.165, 1.54) is 78.8 Å². The van der Waals surface area contributed by atoms with Crippen molar-refractivity contribution in [1.29, 1.82) is 0 Å². The van der Waals surface area contributed by atoms with Crippen LogP contribution in [-0.2, 0) is 73.9 Å². The summed E-state index contributed by atoms with van der Waals surface area (Å²) in [6.45, 7) is 10.1. The maximum atomic E-state index is 13.0. The van der Waals surface area contributed by atoms with Gasteiger partial charge in [-0.25, -0.2) is 21.8 Å². The third-order valence-electron chi connectivity index (χ3n) is 8.19. The van der Waals surface area contributed by atoms with E-state index in [9.17, 15) is 56.4 Å². The van der Waals surface area contributed by atoms with Crippen LogP contribution in [0.2, 0.25) is 0 Å². The van der Waals surface area contributed by atoms with Gasteiger partial charge in [0.1, 0.15) is 11.6 Å². The zero-order valence-electron chi connectivity index (χ0n) is 34.9. The predicted molar refractivity (Wildman–Crippen MR) is 209 cm³/mol. The molecule has 0 radical (unpaired) electrons. The van der Waals surface area contributed by atoms with Gasteiger partial charge < -0.3 is 58.9 Å². The standard InChI is InChI=1S/C26H38N4O8S2.C7H5NO4.2C3H6O.Ti/c1-27(19-21-17-23(3-5-25(21)31)39(33,34)29-9-13-37-14-10-29)7-8-28(2)20-22-18-24(4-6-26(22)32)40(35,36)30-11-15-38-16-12-30;9-6(10)4-2-1-3-5(8-4)7(11)12;2*1-3(2)4;/h3-6,17-18,31-32H,7-16,19-20H2,1-2H3;1-3H,(H,9,10)(H,11,12);2*1-2H3;/q;;;;+4/p-4. The molecule has 1 aromatic heterocycles. The molecule has 0 aliphatic carbocycles. The molecule has 2 aromatic carbocycles. The zero-order valence-corrected chi connectivity index (χ0v) is 38.1. The van der Waals surface area contributed by atoms with Gasteiger partial charge in [-0.1, -0.05) is 18.2 Å². The number of Topliss-reactive ketones (excluding diaryl/α,β-unsaturated/α-hetero) is 2. The number of carbonyl (C=O) groups excluding carboxylic acids is 4. The van der Waals surface area contributed by atoms with Crippen LogP contribution in [0.1, 0.15) is 59.8 Å². The number of hydrogen-bond donors (Lipinski definition) is 0. The summed E-state index contributed by atoms with van der Waals surface area (Å²) in [6.07, 6.45) is 0. The van der Waals surface area contributed by atoms with E-state index in [4.69, 9.17) is 9.47 Å². The second-order valence-electron chi connectivity index (χ2n) is 13.8. The number of benzene rings is 2. The number of nitrogens with zero attached hydrogens (tertiary/aromatic N) is 5. The first kappa shape index (κ1) is 54.9. The zero-order chi connectivity index (χ0) is 45.2. The first-order chi connectivity index (χ1) is 28.1. The molecule has 22 heteroatoms. The molecule has 0 atom stereocenters. The number of aromatic carboxylic acids is 2. The number of morpholine rings is 2. The maximum absolute atomic E-state index is 13.0. The van der Waals surface area contributed by atoms with E-state index < -0.39 is 43.4 Å². The van der Waals surface area contributed by atoms with Crippen LogP contribution < -0.4 is 20.4 Å². The molecule has 0 bridgehead atoms. The molecule has 2 aliphatic heterocycles. The number of carboxylic acid groups (broad SMARTS) is 2. The number of pyridine rings is 1. The van der Waals surface area contributed by atoms with Crippen LogP contribution in [0.4, 0.5) is 0 Å². The number of hydrogen-bond acceptors (Lipinski definition) is 17. The van der Waals surface area contributed by atoms with Crippen LogP contribution in [0.25, 0.3) is 0 Å². The summed E-state index contributed by atoms with van der Waals surface area (Å²) in [6, 6.07) is 11.7. The van der Waals surface area contributed by atoms with E-state index in [2.05, 4.69) is 4.98 Å². The SMILES string of the molecule is CC(C)=O.CC(C)=O.CN(CCN(C)Cc1cc(S(=O)(=O)N2CCOCC2)ccc1[O-])Cc1cc(S(=O)(=O)N2CCOCC2)ccc1[O-].O=C([O-])c1cccc(C(=O)[O-])n1.[Ti+4]. The fraction of sp³-hybridized carbons (Fsp3) is 0.462. The fourth-order valence-electron chi connectivity index (χ4n) is 5.29. The van der Waals surface area contributed by atoms with Crippen LogP contribution in [0.3, 0.4) is 0 Å². The Labute approximate surface area is 371 Å². The van der Waals surface area contributed by atoms with Gasteiger partial charge in [-0.2, -0.15) is 8.61 Å². The first-order valence-electron chi connectivity index (χ1n) is 18.5. The molecule has 2 fully saturated rings. The summed E-state index contributed by atoms with van der Waals surface area (Å²) < 4.78 is 65.2. The number of likely N-dealkylation sites (N-methyl/N-ethyl adjacent to an activating group) is 2. The van der Waals surface area contributed by atoms with E-state index in [1.807, 2.05) is 23.9 Å². The van der Waals surface area contributed by atoms with Crippen LogP contribution in [-0.4, -0.2) is 144 Å². The third-order valence-corrected chi connectivity index (χ3v) is 12.0. The Morgan fingerprint density at radius 1 is 0.623 bits per heavy atom. The van der Waals surface area contributed by atoms with Crippen molar-refractivity contribution in [2.45, 2.75) is 50.6 Å². The number of carbonyl (C=O) groups is 4. The molecule has 0 spiro atoms. The van der Waals surface area contributed by atoms with Crippen molar-refractivity contribution in [1.82, 2.24) is 23.4 Å². The van der Waals surface area contributed by atoms with Crippen LogP contribution in [0, 0.1) is 0 Å². The third kappa shape index (κ3) is 18.8. The summed E-state index contributed by atoms with van der Waals surface area (Å²) in [5, 5.41) is 45.4. The number of ketones is 2. The summed E-state index contributed by atoms with van der Waals surface area (Å²) in [5.74, 6) is -3.18. The Kier molecular flexibility index (Phi) is 23.7. The van der Waals surface area contributed by atoms with Crippen molar-refractivity contribution in [2.75, 3.05) is 79.8 Å². The summed E-state index contributed by atoms with van der Waals surface area (Å²) >= 11 is 0. The average molecular weight is 926 g/mol. The van der Waals surface area contributed by atoms with Crippen molar-refractivity contribution in [3.8, 4) is 11.5 Å². The molecule has 61 heavy (non-hydrogen) atoms. The largest absolute Gasteiger partial charge is 4.00 e. The molecular formula is C39H51N5O14S2Ti. The Bertz CT molecular complexity index is 1990. The first-order valence-corrected chi connectivity index (χ1v) is 21.4. The van der Waals surface area contributed by atoms with Crippen molar-refractivity contribution >= 4 is 43.6 Å². The summed E-state index contributed by atoms with van der Waals surface area (Å²) in [7, 11) is -3.78. The monoisotopic (exact) mass is 925 g/mol. The second kappa shape index (κ2) is 26.3. The van der Waals surface area contributed by atoms with Gasteiger partial charge in [0.15, 0.2) is 0 Å². The van der Waals surface area contributed by atoms with Gasteiger partial charge in [-0.3, -0.25) is 0 Å². The van der Waals surface area contributed by atoms with Gasteiger partial charge in [0.05, 0.1) is 59.5 Å². The molecule has 3 aromatic rings. The molecule has 0 unspecified atom stereocenters.